The zero-order valence-electron chi connectivity index (χ0n) is 9.95. The summed E-state index contributed by atoms with van der Waals surface area (Å²) in [5, 5.41) is 0. The Morgan fingerprint density at radius 2 is 2.25 bits per heavy atom. The van der Waals surface area contributed by atoms with Crippen LogP contribution in [0.25, 0.3) is 0 Å². The van der Waals surface area contributed by atoms with Crippen LogP contribution in [-0.4, -0.2) is 31.3 Å². The topological polar surface area (TPSA) is 25.4 Å². The lowest BCUT2D eigenvalue weighted by Gasteiger charge is -2.22. The van der Waals surface area contributed by atoms with Crippen molar-refractivity contribution in [3.63, 3.8) is 0 Å². The monoisotopic (exact) mass is 242 g/mol. The maximum absolute atomic E-state index is 5.80. The Bertz CT molecular complexity index is 307. The second kappa shape index (κ2) is 7.47. The molecule has 0 aromatic carbocycles. The molecular formula is C12H19ClN2O. The Morgan fingerprint density at radius 3 is 2.88 bits per heavy atom. The molecule has 0 saturated carbocycles. The molecule has 0 aliphatic carbocycles. The number of halogens is 1. The number of likely N-dealkylation sites (N-methyl/N-ethyl adjacent to an activating group) is 1. The molecule has 0 saturated heterocycles. The van der Waals surface area contributed by atoms with Gasteiger partial charge in [-0.3, -0.25) is 0 Å². The van der Waals surface area contributed by atoms with Crippen molar-refractivity contribution in [3.8, 4) is 0 Å². The first-order chi connectivity index (χ1) is 7.81. The predicted octanol–water partition coefficient (Wildman–Crippen LogP) is 2.68. The number of ether oxygens (including phenoxy) is 1. The minimum atomic E-state index is 0.526. The van der Waals surface area contributed by atoms with Crippen LogP contribution in [-0.2, 0) is 10.6 Å². The van der Waals surface area contributed by atoms with Crippen molar-refractivity contribution in [3.05, 3.63) is 23.9 Å². The lowest BCUT2D eigenvalue weighted by atomic mass is 10.3. The number of anilines is 1. The summed E-state index contributed by atoms with van der Waals surface area (Å²) in [6.07, 6.45) is 1.80. The summed E-state index contributed by atoms with van der Waals surface area (Å²) < 4.78 is 5.35. The average molecular weight is 243 g/mol. The molecule has 0 aliphatic rings. The minimum absolute atomic E-state index is 0.526. The first-order valence-corrected chi connectivity index (χ1v) is 6.18. The maximum atomic E-state index is 5.80. The average Bonchev–Trinajstić information content (AvgIpc) is 2.35. The second-order valence-corrected chi connectivity index (χ2v) is 3.70. The van der Waals surface area contributed by atoms with Crippen LogP contribution in [0.3, 0.4) is 0 Å². The predicted molar refractivity (Wildman–Crippen MR) is 68.2 cm³/mol. The number of hydrogen-bond donors (Lipinski definition) is 0. The summed E-state index contributed by atoms with van der Waals surface area (Å²) in [5.74, 6) is 1.50. The first kappa shape index (κ1) is 13.3. The van der Waals surface area contributed by atoms with Crippen molar-refractivity contribution >= 4 is 17.4 Å². The van der Waals surface area contributed by atoms with E-state index >= 15 is 0 Å². The van der Waals surface area contributed by atoms with Crippen LogP contribution in [0.15, 0.2) is 18.3 Å². The Labute approximate surface area is 102 Å². The third-order valence-corrected chi connectivity index (χ3v) is 2.69. The number of pyridine rings is 1. The third kappa shape index (κ3) is 3.99. The summed E-state index contributed by atoms with van der Waals surface area (Å²) in [5.41, 5.74) is 1.10. The molecule has 0 spiro atoms. The molecule has 0 radical (unpaired) electrons. The summed E-state index contributed by atoms with van der Waals surface area (Å²) in [7, 11) is 0. The standard InChI is InChI=1S/C12H19ClN2O/c1-3-15(7-8-16-4-2)12-9-11(10-13)5-6-14-12/h5-6,9H,3-4,7-8,10H2,1-2H3. The van der Waals surface area contributed by atoms with Crippen LogP contribution in [0.5, 0.6) is 0 Å². The van der Waals surface area contributed by atoms with Crippen LogP contribution < -0.4 is 4.90 Å². The zero-order chi connectivity index (χ0) is 11.8. The van der Waals surface area contributed by atoms with E-state index in [-0.39, 0.29) is 0 Å². The van der Waals surface area contributed by atoms with E-state index in [2.05, 4.69) is 16.8 Å². The van der Waals surface area contributed by atoms with Crippen LogP contribution in [0, 0.1) is 0 Å². The molecule has 90 valence electrons. The van der Waals surface area contributed by atoms with Crippen molar-refractivity contribution < 1.29 is 4.74 Å². The first-order valence-electron chi connectivity index (χ1n) is 5.65. The Kier molecular flexibility index (Phi) is 6.19. The molecule has 3 nitrogen and oxygen atoms in total. The van der Waals surface area contributed by atoms with E-state index in [0.29, 0.717) is 5.88 Å². The van der Waals surface area contributed by atoms with Gasteiger partial charge < -0.3 is 9.64 Å². The molecule has 1 rings (SSSR count). The van der Waals surface area contributed by atoms with E-state index in [1.54, 1.807) is 6.20 Å². The van der Waals surface area contributed by atoms with Gasteiger partial charge in [-0.05, 0) is 31.5 Å². The van der Waals surface area contributed by atoms with Crippen LogP contribution in [0.2, 0.25) is 0 Å². The number of hydrogen-bond acceptors (Lipinski definition) is 3. The normalized spacial score (nSPS) is 10.4. The van der Waals surface area contributed by atoms with E-state index < -0.39 is 0 Å². The summed E-state index contributed by atoms with van der Waals surface area (Å²) in [6.45, 7) is 7.39. The zero-order valence-corrected chi connectivity index (χ0v) is 10.7. The van der Waals surface area contributed by atoms with Gasteiger partial charge >= 0.3 is 0 Å². The van der Waals surface area contributed by atoms with Gasteiger partial charge in [-0.1, -0.05) is 0 Å². The molecule has 16 heavy (non-hydrogen) atoms. The van der Waals surface area contributed by atoms with Crippen molar-refractivity contribution in [2.45, 2.75) is 19.7 Å². The molecule has 0 amide bonds. The van der Waals surface area contributed by atoms with Gasteiger partial charge in [-0.2, -0.15) is 0 Å². The molecule has 1 heterocycles. The van der Waals surface area contributed by atoms with Crippen molar-refractivity contribution in [1.82, 2.24) is 4.98 Å². The molecule has 0 fully saturated rings. The summed E-state index contributed by atoms with van der Waals surface area (Å²) in [6, 6.07) is 3.97. The second-order valence-electron chi connectivity index (χ2n) is 3.43. The highest BCUT2D eigenvalue weighted by Gasteiger charge is 2.05. The molecule has 0 atom stereocenters. The number of alkyl halides is 1. The number of rotatable bonds is 7. The highest BCUT2D eigenvalue weighted by molar-refractivity contribution is 6.17. The van der Waals surface area contributed by atoms with Gasteiger partial charge in [0.15, 0.2) is 0 Å². The molecule has 0 N–H and O–H groups in total. The SMILES string of the molecule is CCOCCN(CC)c1cc(CCl)ccn1. The van der Waals surface area contributed by atoms with Gasteiger partial charge in [-0.25, -0.2) is 4.98 Å². The van der Waals surface area contributed by atoms with E-state index in [0.717, 1.165) is 37.7 Å². The minimum Gasteiger partial charge on any atom is -0.380 e. The molecule has 0 unspecified atom stereocenters. The third-order valence-electron chi connectivity index (χ3n) is 2.38. The molecule has 4 heteroatoms. The Hall–Kier alpha value is -0.800. The maximum Gasteiger partial charge on any atom is 0.128 e. The van der Waals surface area contributed by atoms with Gasteiger partial charge in [0, 0.05) is 31.8 Å². The van der Waals surface area contributed by atoms with Crippen LogP contribution in [0.1, 0.15) is 19.4 Å². The van der Waals surface area contributed by atoms with Crippen molar-refractivity contribution in [2.24, 2.45) is 0 Å². The molecule has 1 aromatic rings. The van der Waals surface area contributed by atoms with Crippen molar-refractivity contribution in [2.75, 3.05) is 31.2 Å². The van der Waals surface area contributed by atoms with E-state index in [9.17, 15) is 0 Å². The smallest absolute Gasteiger partial charge is 0.128 e. The fourth-order valence-corrected chi connectivity index (χ4v) is 1.64. The van der Waals surface area contributed by atoms with E-state index in [1.807, 2.05) is 19.1 Å². The van der Waals surface area contributed by atoms with Gasteiger partial charge in [0.1, 0.15) is 5.82 Å². The molecular weight excluding hydrogens is 224 g/mol. The largest absolute Gasteiger partial charge is 0.380 e. The molecule has 1 aromatic heterocycles. The van der Waals surface area contributed by atoms with Gasteiger partial charge in [0.2, 0.25) is 0 Å². The van der Waals surface area contributed by atoms with Crippen LogP contribution in [0.4, 0.5) is 5.82 Å². The fourth-order valence-electron chi connectivity index (χ4n) is 1.47. The van der Waals surface area contributed by atoms with Crippen LogP contribution >= 0.6 is 11.6 Å². The summed E-state index contributed by atoms with van der Waals surface area (Å²) >= 11 is 5.80. The lowest BCUT2D eigenvalue weighted by molar-refractivity contribution is 0.154. The molecule has 0 bridgehead atoms. The molecule has 0 aliphatic heterocycles. The quantitative estimate of drug-likeness (QED) is 0.543. The van der Waals surface area contributed by atoms with Crippen molar-refractivity contribution in [1.29, 1.82) is 0 Å². The number of aromatic nitrogens is 1. The summed E-state index contributed by atoms with van der Waals surface area (Å²) in [4.78, 5) is 6.54. The van der Waals surface area contributed by atoms with Gasteiger partial charge in [0.25, 0.3) is 0 Å². The number of nitrogens with zero attached hydrogens (tertiary/aromatic N) is 2. The fraction of sp³-hybridized carbons (Fsp3) is 0.583. The highest BCUT2D eigenvalue weighted by Crippen LogP contribution is 2.13. The lowest BCUT2D eigenvalue weighted by Crippen LogP contribution is -2.28. The highest BCUT2D eigenvalue weighted by atomic mass is 35.5. The van der Waals surface area contributed by atoms with Gasteiger partial charge in [0.05, 0.1) is 6.61 Å². The van der Waals surface area contributed by atoms with E-state index in [1.165, 1.54) is 0 Å². The Balaban J connectivity index is 2.62. The van der Waals surface area contributed by atoms with E-state index in [4.69, 9.17) is 16.3 Å². The van der Waals surface area contributed by atoms with Gasteiger partial charge in [-0.15, -0.1) is 11.6 Å². The Morgan fingerprint density at radius 1 is 1.44 bits per heavy atom.